The van der Waals surface area contributed by atoms with E-state index in [1.54, 1.807) is 12.4 Å². The van der Waals surface area contributed by atoms with Crippen molar-refractivity contribution in [3.8, 4) is 0 Å². The Balaban J connectivity index is 2.06. The summed E-state index contributed by atoms with van der Waals surface area (Å²) in [5.74, 6) is 0.0326. The van der Waals surface area contributed by atoms with Crippen LogP contribution in [0.15, 0.2) is 12.4 Å². The fourth-order valence-corrected chi connectivity index (χ4v) is 2.40. The molecule has 1 aliphatic heterocycles. The second-order valence-electron chi connectivity index (χ2n) is 4.99. The Bertz CT molecular complexity index is 422. The third-order valence-electron chi connectivity index (χ3n) is 3.90. The lowest BCUT2D eigenvalue weighted by atomic mass is 9.76. The van der Waals surface area contributed by atoms with Gasteiger partial charge in [0, 0.05) is 25.5 Å². The topological polar surface area (TPSA) is 66.3 Å². The van der Waals surface area contributed by atoms with Gasteiger partial charge >= 0.3 is 5.97 Å². The maximum atomic E-state index is 11.3. The number of aromatic nitrogens is 2. The molecule has 0 atom stereocenters. The molecule has 0 aliphatic carbocycles. The first-order valence-electron chi connectivity index (χ1n) is 6.34. The molecule has 0 aromatic carbocycles. The Kier molecular flexibility index (Phi) is 3.50. The van der Waals surface area contributed by atoms with Gasteiger partial charge in [-0.05, 0) is 31.7 Å². The van der Waals surface area contributed by atoms with Crippen LogP contribution in [0.5, 0.6) is 0 Å². The first-order chi connectivity index (χ1) is 8.57. The molecule has 1 aliphatic rings. The van der Waals surface area contributed by atoms with E-state index in [9.17, 15) is 9.90 Å². The molecular formula is C13H19N3O2. The minimum atomic E-state index is -0.672. The number of anilines is 1. The van der Waals surface area contributed by atoms with Crippen LogP contribution in [-0.4, -0.2) is 34.1 Å². The zero-order valence-electron chi connectivity index (χ0n) is 10.9. The van der Waals surface area contributed by atoms with Gasteiger partial charge in [-0.25, -0.2) is 9.97 Å². The minimum Gasteiger partial charge on any atom is -0.481 e. The van der Waals surface area contributed by atoms with Gasteiger partial charge in [-0.15, -0.1) is 0 Å². The zero-order valence-corrected chi connectivity index (χ0v) is 10.9. The molecule has 0 radical (unpaired) electrons. The molecule has 2 heterocycles. The summed E-state index contributed by atoms with van der Waals surface area (Å²) < 4.78 is 0. The number of carboxylic acid groups (broad SMARTS) is 1. The van der Waals surface area contributed by atoms with Crippen molar-refractivity contribution < 1.29 is 9.90 Å². The average molecular weight is 249 g/mol. The van der Waals surface area contributed by atoms with Crippen LogP contribution in [0.3, 0.4) is 0 Å². The molecule has 2 rings (SSSR count). The SMILES string of the molecule is CCC1(C(=O)O)CCN(c2ncc(C)cn2)CC1. The predicted octanol–water partition coefficient (Wildman–Crippen LogP) is 1.87. The maximum absolute atomic E-state index is 11.3. The van der Waals surface area contributed by atoms with Gasteiger partial charge in [0.05, 0.1) is 5.41 Å². The number of carboxylic acids is 1. The van der Waals surface area contributed by atoms with E-state index in [-0.39, 0.29) is 0 Å². The van der Waals surface area contributed by atoms with E-state index in [1.165, 1.54) is 0 Å². The molecule has 0 spiro atoms. The van der Waals surface area contributed by atoms with Gasteiger partial charge in [-0.1, -0.05) is 6.92 Å². The Morgan fingerprint density at radius 2 is 1.94 bits per heavy atom. The van der Waals surface area contributed by atoms with Crippen molar-refractivity contribution in [1.82, 2.24) is 9.97 Å². The van der Waals surface area contributed by atoms with Crippen molar-refractivity contribution in [2.24, 2.45) is 5.41 Å². The van der Waals surface area contributed by atoms with E-state index in [0.717, 1.165) is 5.56 Å². The molecule has 0 unspecified atom stereocenters. The summed E-state index contributed by atoms with van der Waals surface area (Å²) in [6.45, 7) is 5.32. The fraction of sp³-hybridized carbons (Fsp3) is 0.615. The number of aliphatic carboxylic acids is 1. The van der Waals surface area contributed by atoms with Crippen molar-refractivity contribution in [2.45, 2.75) is 33.1 Å². The smallest absolute Gasteiger partial charge is 0.309 e. The molecule has 0 saturated carbocycles. The molecule has 1 fully saturated rings. The molecule has 1 aromatic heterocycles. The van der Waals surface area contributed by atoms with Gasteiger partial charge in [-0.2, -0.15) is 0 Å². The zero-order chi connectivity index (χ0) is 13.2. The van der Waals surface area contributed by atoms with Crippen molar-refractivity contribution in [3.63, 3.8) is 0 Å². The molecule has 18 heavy (non-hydrogen) atoms. The van der Waals surface area contributed by atoms with Gasteiger partial charge in [0.2, 0.25) is 5.95 Å². The van der Waals surface area contributed by atoms with Gasteiger partial charge in [0.25, 0.3) is 0 Å². The second-order valence-corrected chi connectivity index (χ2v) is 4.99. The van der Waals surface area contributed by atoms with Gasteiger partial charge in [0.1, 0.15) is 0 Å². The molecule has 1 saturated heterocycles. The number of aryl methyl sites for hydroxylation is 1. The van der Waals surface area contributed by atoms with E-state index in [0.29, 0.717) is 38.3 Å². The summed E-state index contributed by atoms with van der Waals surface area (Å²) in [6.07, 6.45) is 5.60. The Hall–Kier alpha value is -1.65. The first-order valence-corrected chi connectivity index (χ1v) is 6.34. The summed E-state index contributed by atoms with van der Waals surface area (Å²) in [7, 11) is 0. The average Bonchev–Trinajstić information content (AvgIpc) is 2.39. The van der Waals surface area contributed by atoms with Gasteiger partial charge < -0.3 is 10.0 Å². The van der Waals surface area contributed by atoms with Crippen LogP contribution in [0.4, 0.5) is 5.95 Å². The van der Waals surface area contributed by atoms with Crippen molar-refractivity contribution >= 4 is 11.9 Å². The summed E-state index contributed by atoms with van der Waals surface area (Å²) in [4.78, 5) is 22.0. The highest BCUT2D eigenvalue weighted by Gasteiger charge is 2.40. The lowest BCUT2D eigenvalue weighted by molar-refractivity contribution is -0.150. The first kappa shape index (κ1) is 12.8. The van der Waals surface area contributed by atoms with Crippen LogP contribution < -0.4 is 4.90 Å². The molecule has 5 heteroatoms. The largest absolute Gasteiger partial charge is 0.481 e. The molecule has 1 aromatic rings. The Morgan fingerprint density at radius 3 is 2.39 bits per heavy atom. The summed E-state index contributed by atoms with van der Waals surface area (Å²) in [6, 6.07) is 0. The lowest BCUT2D eigenvalue weighted by Gasteiger charge is -2.38. The van der Waals surface area contributed by atoms with Crippen LogP contribution in [0.2, 0.25) is 0 Å². The molecule has 0 bridgehead atoms. The highest BCUT2D eigenvalue weighted by Crippen LogP contribution is 2.35. The number of carbonyl (C=O) groups is 1. The predicted molar refractivity (Wildman–Crippen MR) is 68.6 cm³/mol. The number of piperidine rings is 1. The van der Waals surface area contributed by atoms with Crippen molar-refractivity contribution in [1.29, 1.82) is 0 Å². The molecular weight excluding hydrogens is 230 g/mol. The van der Waals surface area contributed by atoms with Crippen LogP contribution in [0.25, 0.3) is 0 Å². The highest BCUT2D eigenvalue weighted by molar-refractivity contribution is 5.75. The Labute approximate surface area is 107 Å². The highest BCUT2D eigenvalue weighted by atomic mass is 16.4. The van der Waals surface area contributed by atoms with Crippen LogP contribution in [0, 0.1) is 12.3 Å². The number of rotatable bonds is 3. The summed E-state index contributed by atoms with van der Waals surface area (Å²) in [5.41, 5.74) is 0.477. The molecule has 5 nitrogen and oxygen atoms in total. The van der Waals surface area contributed by atoms with Gasteiger partial charge in [-0.3, -0.25) is 4.79 Å². The molecule has 0 amide bonds. The van der Waals surface area contributed by atoms with Crippen LogP contribution >= 0.6 is 0 Å². The second kappa shape index (κ2) is 4.92. The van der Waals surface area contributed by atoms with Crippen molar-refractivity contribution in [2.75, 3.05) is 18.0 Å². The van der Waals surface area contributed by atoms with E-state index in [2.05, 4.69) is 14.9 Å². The number of hydrogen-bond donors (Lipinski definition) is 1. The van der Waals surface area contributed by atoms with E-state index >= 15 is 0 Å². The maximum Gasteiger partial charge on any atom is 0.309 e. The minimum absolute atomic E-state index is 0.554. The molecule has 1 N–H and O–H groups in total. The fourth-order valence-electron chi connectivity index (χ4n) is 2.40. The third-order valence-corrected chi connectivity index (χ3v) is 3.90. The normalized spacial score (nSPS) is 18.7. The summed E-state index contributed by atoms with van der Waals surface area (Å²) >= 11 is 0. The number of hydrogen-bond acceptors (Lipinski definition) is 4. The molecule has 98 valence electrons. The summed E-state index contributed by atoms with van der Waals surface area (Å²) in [5, 5.41) is 9.33. The Morgan fingerprint density at radius 1 is 1.39 bits per heavy atom. The van der Waals surface area contributed by atoms with Crippen molar-refractivity contribution in [3.05, 3.63) is 18.0 Å². The van der Waals surface area contributed by atoms with E-state index < -0.39 is 11.4 Å². The third kappa shape index (κ3) is 2.30. The van der Waals surface area contributed by atoms with E-state index in [1.807, 2.05) is 13.8 Å². The quantitative estimate of drug-likeness (QED) is 0.885. The van der Waals surface area contributed by atoms with E-state index in [4.69, 9.17) is 0 Å². The number of nitrogens with zero attached hydrogens (tertiary/aromatic N) is 3. The van der Waals surface area contributed by atoms with Crippen LogP contribution in [0.1, 0.15) is 31.7 Å². The van der Waals surface area contributed by atoms with Crippen LogP contribution in [-0.2, 0) is 4.79 Å². The monoisotopic (exact) mass is 249 g/mol. The standard InChI is InChI=1S/C13H19N3O2/c1-3-13(11(17)18)4-6-16(7-5-13)12-14-8-10(2)9-15-12/h8-9H,3-7H2,1-2H3,(H,17,18). The van der Waals surface area contributed by atoms with Gasteiger partial charge in [0.15, 0.2) is 0 Å². The lowest BCUT2D eigenvalue weighted by Crippen LogP contribution is -2.44.